The highest BCUT2D eigenvalue weighted by Gasteiger charge is 2.27. The van der Waals surface area contributed by atoms with E-state index in [1.165, 1.54) is 15.4 Å². The summed E-state index contributed by atoms with van der Waals surface area (Å²) in [6.07, 6.45) is 0.997. The van der Waals surface area contributed by atoms with Crippen LogP contribution < -0.4 is 0 Å². The summed E-state index contributed by atoms with van der Waals surface area (Å²) in [5, 5.41) is 0.925. The van der Waals surface area contributed by atoms with E-state index in [-0.39, 0.29) is 0 Å². The highest BCUT2D eigenvalue weighted by Crippen LogP contribution is 2.30. The number of imidazole rings is 1. The molecular formula is C26H34N4O4S2. The Labute approximate surface area is 217 Å². The van der Waals surface area contributed by atoms with Crippen molar-refractivity contribution in [3.05, 3.63) is 53.6 Å². The largest absolute Gasteiger partial charge is 0.379 e. The lowest BCUT2D eigenvalue weighted by Crippen LogP contribution is -2.40. The summed E-state index contributed by atoms with van der Waals surface area (Å²) in [5.41, 5.74) is 4.19. The molecule has 36 heavy (non-hydrogen) atoms. The first-order chi connectivity index (χ1) is 17.5. The van der Waals surface area contributed by atoms with Crippen LogP contribution in [-0.2, 0) is 31.8 Å². The van der Waals surface area contributed by atoms with Crippen molar-refractivity contribution in [1.29, 1.82) is 0 Å². The number of fused-ring (bicyclic) bond motifs is 1. The van der Waals surface area contributed by atoms with E-state index in [1.807, 2.05) is 6.07 Å². The molecule has 0 atom stereocenters. The maximum atomic E-state index is 13.2. The van der Waals surface area contributed by atoms with Gasteiger partial charge in [0.15, 0.2) is 5.16 Å². The average Bonchev–Trinajstić information content (AvgIpc) is 3.25. The normalized spacial score (nSPS) is 18.1. The second kappa shape index (κ2) is 11.6. The quantitative estimate of drug-likeness (QED) is 0.393. The van der Waals surface area contributed by atoms with Gasteiger partial charge in [-0.05, 0) is 37.1 Å². The summed E-state index contributed by atoms with van der Waals surface area (Å²) >= 11 is 1.70. The SMILES string of the molecule is Cc1cccc(CSc2nc3cc(S(=O)(=O)N4CCOCC4)ccc3n2CCCN2CCOCC2)c1. The first-order valence-electron chi connectivity index (χ1n) is 12.6. The van der Waals surface area contributed by atoms with Crippen LogP contribution in [0, 0.1) is 6.92 Å². The van der Waals surface area contributed by atoms with Crippen LogP contribution in [0.4, 0.5) is 0 Å². The topological polar surface area (TPSA) is 76.9 Å². The molecule has 0 bridgehead atoms. The van der Waals surface area contributed by atoms with Crippen LogP contribution >= 0.6 is 11.8 Å². The Morgan fingerprint density at radius 3 is 2.44 bits per heavy atom. The minimum Gasteiger partial charge on any atom is -0.379 e. The first-order valence-corrected chi connectivity index (χ1v) is 15.0. The third-order valence-electron chi connectivity index (χ3n) is 6.70. The summed E-state index contributed by atoms with van der Waals surface area (Å²) in [4.78, 5) is 7.66. The van der Waals surface area contributed by atoms with Gasteiger partial charge in [0.2, 0.25) is 10.0 Å². The van der Waals surface area contributed by atoms with Crippen LogP contribution in [0.15, 0.2) is 52.5 Å². The summed E-state index contributed by atoms with van der Waals surface area (Å²) in [5.74, 6) is 0.813. The van der Waals surface area contributed by atoms with Crippen LogP contribution in [0.2, 0.25) is 0 Å². The molecule has 2 aromatic carbocycles. The fraction of sp³-hybridized carbons (Fsp3) is 0.500. The molecule has 0 amide bonds. The highest BCUT2D eigenvalue weighted by molar-refractivity contribution is 7.98. The number of hydrogen-bond donors (Lipinski definition) is 0. The number of thioether (sulfide) groups is 1. The number of sulfonamides is 1. The van der Waals surface area contributed by atoms with Gasteiger partial charge in [-0.2, -0.15) is 4.31 Å². The molecule has 2 aliphatic heterocycles. The Morgan fingerprint density at radius 2 is 1.69 bits per heavy atom. The molecule has 3 heterocycles. The van der Waals surface area contributed by atoms with E-state index in [0.29, 0.717) is 31.2 Å². The second-order valence-corrected chi connectivity index (χ2v) is 12.2. The van der Waals surface area contributed by atoms with Gasteiger partial charge in [0.05, 0.1) is 42.4 Å². The van der Waals surface area contributed by atoms with Crippen molar-refractivity contribution in [2.45, 2.75) is 35.7 Å². The molecule has 0 radical (unpaired) electrons. The smallest absolute Gasteiger partial charge is 0.243 e. The molecule has 0 N–H and O–H groups in total. The number of morpholine rings is 2. The second-order valence-electron chi connectivity index (χ2n) is 9.30. The van der Waals surface area contributed by atoms with Crippen molar-refractivity contribution in [3.8, 4) is 0 Å². The predicted octanol–water partition coefficient (Wildman–Crippen LogP) is 3.38. The van der Waals surface area contributed by atoms with Gasteiger partial charge in [-0.1, -0.05) is 41.6 Å². The maximum absolute atomic E-state index is 13.2. The van der Waals surface area contributed by atoms with E-state index in [1.54, 1.807) is 23.9 Å². The van der Waals surface area contributed by atoms with Crippen molar-refractivity contribution in [1.82, 2.24) is 18.8 Å². The first kappa shape index (κ1) is 25.7. The summed E-state index contributed by atoms with van der Waals surface area (Å²) in [6.45, 7) is 9.11. The van der Waals surface area contributed by atoms with E-state index in [2.05, 4.69) is 40.7 Å². The van der Waals surface area contributed by atoms with Gasteiger partial charge in [0, 0.05) is 45.0 Å². The number of aryl methyl sites for hydroxylation is 2. The van der Waals surface area contributed by atoms with Gasteiger partial charge >= 0.3 is 0 Å². The fourth-order valence-corrected chi connectivity index (χ4v) is 7.15. The van der Waals surface area contributed by atoms with E-state index in [0.717, 1.165) is 67.8 Å². The van der Waals surface area contributed by atoms with Crippen LogP contribution in [0.25, 0.3) is 11.0 Å². The molecule has 3 aromatic rings. The Hall–Kier alpha value is -1.95. The number of aromatic nitrogens is 2. The van der Waals surface area contributed by atoms with Crippen LogP contribution in [0.3, 0.4) is 0 Å². The molecule has 0 aliphatic carbocycles. The Balaban J connectivity index is 1.40. The van der Waals surface area contributed by atoms with E-state index in [4.69, 9.17) is 14.5 Å². The zero-order chi connectivity index (χ0) is 25.0. The molecule has 194 valence electrons. The Morgan fingerprint density at radius 1 is 0.944 bits per heavy atom. The molecule has 0 spiro atoms. The van der Waals surface area contributed by atoms with E-state index in [9.17, 15) is 8.42 Å². The number of ether oxygens (including phenoxy) is 2. The number of rotatable bonds is 9. The van der Waals surface area contributed by atoms with Gasteiger partial charge in [0.25, 0.3) is 0 Å². The molecule has 10 heteroatoms. The Bertz CT molecular complexity index is 1280. The molecule has 5 rings (SSSR count). The van der Waals surface area contributed by atoms with Crippen LogP contribution in [0.1, 0.15) is 17.5 Å². The fourth-order valence-electron chi connectivity index (χ4n) is 4.74. The van der Waals surface area contributed by atoms with Gasteiger partial charge in [-0.25, -0.2) is 13.4 Å². The third-order valence-corrected chi connectivity index (χ3v) is 9.64. The van der Waals surface area contributed by atoms with Gasteiger partial charge in [0.1, 0.15) is 0 Å². The zero-order valence-corrected chi connectivity index (χ0v) is 22.4. The lowest BCUT2D eigenvalue weighted by atomic mass is 10.2. The third kappa shape index (κ3) is 5.95. The summed E-state index contributed by atoms with van der Waals surface area (Å²) < 4.78 is 41.0. The van der Waals surface area contributed by atoms with Crippen LogP contribution in [-0.4, -0.2) is 86.3 Å². The summed E-state index contributed by atoms with van der Waals surface area (Å²) in [7, 11) is -3.57. The lowest BCUT2D eigenvalue weighted by Gasteiger charge is -2.26. The van der Waals surface area contributed by atoms with Gasteiger partial charge in [-0.15, -0.1) is 0 Å². The molecule has 0 saturated carbocycles. The number of benzene rings is 2. The van der Waals surface area contributed by atoms with Crippen molar-refractivity contribution in [3.63, 3.8) is 0 Å². The monoisotopic (exact) mass is 530 g/mol. The van der Waals surface area contributed by atoms with E-state index >= 15 is 0 Å². The lowest BCUT2D eigenvalue weighted by molar-refractivity contribution is 0.0369. The zero-order valence-electron chi connectivity index (χ0n) is 20.8. The highest BCUT2D eigenvalue weighted by atomic mass is 32.2. The van der Waals surface area contributed by atoms with Crippen molar-refractivity contribution < 1.29 is 17.9 Å². The summed E-state index contributed by atoms with van der Waals surface area (Å²) in [6, 6.07) is 13.9. The maximum Gasteiger partial charge on any atom is 0.243 e. The van der Waals surface area contributed by atoms with Crippen molar-refractivity contribution >= 4 is 32.8 Å². The average molecular weight is 531 g/mol. The number of hydrogen-bond acceptors (Lipinski definition) is 7. The standard InChI is InChI=1S/C26H34N4O4S2/c1-21-4-2-5-22(18-21)20-35-26-27-24-19-23(36(31,32)29-12-16-34-17-13-29)6-7-25(24)30(26)9-3-8-28-10-14-33-15-11-28/h2,4-7,18-19H,3,8-17,20H2,1H3. The van der Waals surface area contributed by atoms with Crippen molar-refractivity contribution in [2.24, 2.45) is 0 Å². The Kier molecular flexibility index (Phi) is 8.29. The van der Waals surface area contributed by atoms with E-state index < -0.39 is 10.0 Å². The molecule has 0 unspecified atom stereocenters. The minimum absolute atomic E-state index is 0.296. The minimum atomic E-state index is -3.57. The molecule has 2 saturated heterocycles. The number of nitrogens with zero attached hydrogens (tertiary/aromatic N) is 4. The molecule has 2 aliphatic rings. The molecule has 2 fully saturated rings. The molecular weight excluding hydrogens is 496 g/mol. The van der Waals surface area contributed by atoms with Gasteiger partial charge in [-0.3, -0.25) is 4.90 Å². The molecule has 8 nitrogen and oxygen atoms in total. The molecule has 1 aromatic heterocycles. The van der Waals surface area contributed by atoms with Gasteiger partial charge < -0.3 is 14.0 Å². The van der Waals surface area contributed by atoms with Crippen molar-refractivity contribution in [2.75, 3.05) is 59.2 Å². The predicted molar refractivity (Wildman–Crippen MR) is 142 cm³/mol. The van der Waals surface area contributed by atoms with Crippen LogP contribution in [0.5, 0.6) is 0 Å².